The second kappa shape index (κ2) is 13.7. The Morgan fingerprint density at radius 1 is 0.769 bits per heavy atom. The molecule has 0 bridgehead atoms. The number of nitrogens with two attached hydrogens (primary N) is 1. The minimum Gasteiger partial charge on any atom is -0.507 e. The summed E-state index contributed by atoms with van der Waals surface area (Å²) >= 11 is 0. The van der Waals surface area contributed by atoms with Gasteiger partial charge in [-0.1, -0.05) is 30.3 Å². The molecule has 5 N–H and O–H groups in total. The number of rotatable bonds is 7. The highest BCUT2D eigenvalue weighted by molar-refractivity contribution is 6.25. The molecule has 1 aromatic heterocycles. The second-order valence-electron chi connectivity index (χ2n) is 13.9. The average molecular weight is 701 g/mol. The number of piperidine rings is 1. The van der Waals surface area contributed by atoms with Crippen molar-refractivity contribution in [2.45, 2.75) is 56.7 Å². The Hall–Kier alpha value is -5.82. The van der Waals surface area contributed by atoms with Crippen molar-refractivity contribution in [1.29, 1.82) is 0 Å². The van der Waals surface area contributed by atoms with Crippen LogP contribution in [0.1, 0.15) is 59.2 Å². The number of phenols is 1. The van der Waals surface area contributed by atoms with E-state index in [1.54, 1.807) is 30.3 Å². The number of carbonyl (C=O) groups excluding carboxylic acids is 4. The fourth-order valence-corrected chi connectivity index (χ4v) is 8.09. The third-order valence-electron chi connectivity index (χ3n) is 10.9. The van der Waals surface area contributed by atoms with Crippen LogP contribution in [0.15, 0.2) is 72.8 Å². The monoisotopic (exact) mass is 700 g/mol. The Morgan fingerprint density at radius 3 is 2.23 bits per heavy atom. The van der Waals surface area contributed by atoms with Crippen LogP contribution in [0.3, 0.4) is 0 Å². The number of carbonyl (C=O) groups is 4. The van der Waals surface area contributed by atoms with E-state index in [9.17, 15) is 24.3 Å². The lowest BCUT2D eigenvalue weighted by Crippen LogP contribution is -2.54. The van der Waals surface area contributed by atoms with E-state index in [-0.39, 0.29) is 30.2 Å². The number of nitrogen functional groups attached to an aromatic ring is 1. The molecule has 13 heteroatoms. The third-order valence-corrected chi connectivity index (χ3v) is 10.9. The number of anilines is 3. The Bertz CT molecular complexity index is 2050. The number of para-hydroxylation sites is 1. The normalized spacial score (nSPS) is 22.3. The van der Waals surface area contributed by atoms with Gasteiger partial charge in [-0.15, -0.1) is 10.2 Å². The fourth-order valence-electron chi connectivity index (χ4n) is 8.09. The number of aromatic nitrogens is 2. The van der Waals surface area contributed by atoms with E-state index >= 15 is 0 Å². The van der Waals surface area contributed by atoms with Crippen LogP contribution in [0.5, 0.6) is 5.75 Å². The van der Waals surface area contributed by atoms with Gasteiger partial charge >= 0.3 is 0 Å². The lowest BCUT2D eigenvalue weighted by atomic mass is 9.89. The van der Waals surface area contributed by atoms with Gasteiger partial charge in [-0.25, -0.2) is 0 Å². The molecule has 4 heterocycles. The molecule has 52 heavy (non-hydrogen) atoms. The summed E-state index contributed by atoms with van der Waals surface area (Å²) in [5.74, 6) is -1.51. The molecule has 0 spiro atoms. The Balaban J connectivity index is 0.853. The van der Waals surface area contributed by atoms with Crippen molar-refractivity contribution in [3.63, 3.8) is 0 Å². The summed E-state index contributed by atoms with van der Waals surface area (Å²) in [6.45, 7) is 3.77. The zero-order valence-electron chi connectivity index (χ0n) is 28.6. The number of benzene rings is 3. The summed E-state index contributed by atoms with van der Waals surface area (Å²) in [4.78, 5) is 56.9. The number of amides is 4. The standard InChI is InChI=1S/C39H40N8O5/c40-36-29(22-31(43-44-36)27-4-1-2-7-33(27)48)23-8-12-25(13-9-23)45-18-20-46(21-19-45)26-14-10-24(11-15-26)41-30-6-3-5-28-35(30)39(52)47(38(28)51)32-16-17-34(49)42-37(32)50/h1-9,12-13,22,24,26,32,41,48H,10-11,14-21H2,(H2,40,44)(H,42,49,50). The molecule has 3 fully saturated rings. The van der Waals surface area contributed by atoms with Crippen LogP contribution in [0.25, 0.3) is 22.4 Å². The van der Waals surface area contributed by atoms with Crippen LogP contribution in [0.4, 0.5) is 17.2 Å². The van der Waals surface area contributed by atoms with Gasteiger partial charge < -0.3 is 21.1 Å². The number of piperazine rings is 1. The fraction of sp³-hybridized carbons (Fsp3) is 0.333. The van der Waals surface area contributed by atoms with Crippen molar-refractivity contribution >= 4 is 40.8 Å². The van der Waals surface area contributed by atoms with Crippen LogP contribution in [-0.2, 0) is 9.59 Å². The summed E-state index contributed by atoms with van der Waals surface area (Å²) in [7, 11) is 0. The number of nitrogens with one attached hydrogen (secondary N) is 2. The van der Waals surface area contributed by atoms with Crippen LogP contribution in [0, 0.1) is 0 Å². The minimum atomic E-state index is -0.983. The molecular weight excluding hydrogens is 660 g/mol. The highest BCUT2D eigenvalue weighted by Crippen LogP contribution is 2.36. The molecule has 0 radical (unpaired) electrons. The number of aromatic hydroxyl groups is 1. The van der Waals surface area contributed by atoms with Gasteiger partial charge in [0.05, 0.1) is 16.8 Å². The van der Waals surface area contributed by atoms with Crippen LogP contribution < -0.4 is 21.3 Å². The quantitative estimate of drug-likeness (QED) is 0.205. The molecule has 13 nitrogen and oxygen atoms in total. The zero-order valence-corrected chi connectivity index (χ0v) is 28.6. The highest BCUT2D eigenvalue weighted by atomic mass is 16.3. The van der Waals surface area contributed by atoms with Crippen LogP contribution in [-0.4, -0.2) is 93.0 Å². The maximum absolute atomic E-state index is 13.5. The maximum Gasteiger partial charge on any atom is 0.264 e. The molecule has 8 rings (SSSR count). The largest absolute Gasteiger partial charge is 0.507 e. The molecular formula is C39H40N8O5. The van der Waals surface area contributed by atoms with Crippen molar-refractivity contribution in [1.82, 2.24) is 25.3 Å². The first kappa shape index (κ1) is 33.3. The van der Waals surface area contributed by atoms with E-state index in [0.29, 0.717) is 34.4 Å². The van der Waals surface area contributed by atoms with E-state index in [0.717, 1.165) is 73.6 Å². The third kappa shape index (κ3) is 6.21. The Morgan fingerprint density at radius 2 is 1.50 bits per heavy atom. The summed E-state index contributed by atoms with van der Waals surface area (Å²) in [6.07, 6.45) is 4.15. The molecule has 1 saturated carbocycles. The predicted octanol–water partition coefficient (Wildman–Crippen LogP) is 4.04. The first-order chi connectivity index (χ1) is 25.2. The van der Waals surface area contributed by atoms with Gasteiger partial charge in [-0.05, 0) is 80.1 Å². The number of hydrogen-bond donors (Lipinski definition) is 4. The molecule has 4 amide bonds. The smallest absolute Gasteiger partial charge is 0.264 e. The van der Waals surface area contributed by atoms with Crippen molar-refractivity contribution in [3.05, 3.63) is 83.9 Å². The van der Waals surface area contributed by atoms with Crippen molar-refractivity contribution < 1.29 is 24.3 Å². The molecule has 1 unspecified atom stereocenters. The summed E-state index contributed by atoms with van der Waals surface area (Å²) in [6, 6.07) is 22.1. The first-order valence-electron chi connectivity index (χ1n) is 17.9. The van der Waals surface area contributed by atoms with E-state index < -0.39 is 29.7 Å². The van der Waals surface area contributed by atoms with Crippen LogP contribution >= 0.6 is 0 Å². The first-order valence-corrected chi connectivity index (χ1v) is 17.9. The highest BCUT2D eigenvalue weighted by Gasteiger charge is 2.46. The summed E-state index contributed by atoms with van der Waals surface area (Å²) < 4.78 is 0. The Labute approximate surface area is 300 Å². The Kier molecular flexibility index (Phi) is 8.79. The molecule has 4 aliphatic rings. The number of nitrogens with zero attached hydrogens (tertiary/aromatic N) is 5. The average Bonchev–Trinajstić information content (AvgIpc) is 3.42. The van der Waals surface area contributed by atoms with E-state index in [2.05, 4.69) is 54.9 Å². The SMILES string of the molecule is Nc1nnc(-c2ccccc2O)cc1-c1ccc(N2CCN(C3CCC(Nc4cccc5c4C(=O)N(C4CCC(=O)NC4=O)C5=O)CC3)CC2)cc1. The van der Waals surface area contributed by atoms with E-state index in [1.807, 2.05) is 18.2 Å². The molecule has 4 aromatic rings. The van der Waals surface area contributed by atoms with E-state index in [1.165, 1.54) is 0 Å². The van der Waals surface area contributed by atoms with Gasteiger partial charge in [-0.2, -0.15) is 0 Å². The number of imide groups is 2. The van der Waals surface area contributed by atoms with Crippen molar-refractivity contribution in [2.75, 3.05) is 42.1 Å². The summed E-state index contributed by atoms with van der Waals surface area (Å²) in [5, 5.41) is 24.4. The number of phenolic OH excluding ortho intramolecular Hbond substituents is 1. The minimum absolute atomic E-state index is 0.0890. The lowest BCUT2D eigenvalue weighted by molar-refractivity contribution is -0.136. The van der Waals surface area contributed by atoms with Gasteiger partial charge in [0.2, 0.25) is 11.8 Å². The van der Waals surface area contributed by atoms with Crippen molar-refractivity contribution in [2.24, 2.45) is 0 Å². The van der Waals surface area contributed by atoms with Gasteiger partial charge in [0, 0.05) is 67.2 Å². The molecule has 1 aliphatic carbocycles. The number of fused-ring (bicyclic) bond motifs is 1. The van der Waals surface area contributed by atoms with Gasteiger partial charge in [0.25, 0.3) is 11.8 Å². The maximum atomic E-state index is 13.5. The molecule has 266 valence electrons. The molecule has 3 aromatic carbocycles. The number of hydrogen-bond acceptors (Lipinski definition) is 11. The van der Waals surface area contributed by atoms with Gasteiger partial charge in [-0.3, -0.25) is 34.3 Å². The van der Waals surface area contributed by atoms with E-state index in [4.69, 9.17) is 5.73 Å². The van der Waals surface area contributed by atoms with Gasteiger partial charge in [0.15, 0.2) is 5.82 Å². The van der Waals surface area contributed by atoms with Crippen LogP contribution in [0.2, 0.25) is 0 Å². The second-order valence-corrected chi connectivity index (χ2v) is 13.9. The molecule has 2 saturated heterocycles. The topological polar surface area (TPSA) is 174 Å². The molecule has 1 atom stereocenters. The lowest BCUT2D eigenvalue weighted by Gasteiger charge is -2.43. The molecule has 3 aliphatic heterocycles. The van der Waals surface area contributed by atoms with Gasteiger partial charge in [0.1, 0.15) is 11.8 Å². The summed E-state index contributed by atoms with van der Waals surface area (Å²) in [5.41, 5.74) is 11.4. The zero-order chi connectivity index (χ0) is 35.9. The predicted molar refractivity (Wildman–Crippen MR) is 196 cm³/mol. The van der Waals surface area contributed by atoms with Crippen molar-refractivity contribution in [3.8, 4) is 28.1 Å².